The minimum absolute atomic E-state index is 0.0936. The van der Waals surface area contributed by atoms with Crippen LogP contribution in [0, 0.1) is 17.0 Å². The van der Waals surface area contributed by atoms with E-state index >= 15 is 0 Å². The summed E-state index contributed by atoms with van der Waals surface area (Å²) < 4.78 is 0. The van der Waals surface area contributed by atoms with Gasteiger partial charge in [-0.3, -0.25) is 30.6 Å². The van der Waals surface area contributed by atoms with Gasteiger partial charge in [0.05, 0.1) is 10.7 Å². The highest BCUT2D eigenvalue weighted by molar-refractivity contribution is 8.00. The maximum atomic E-state index is 11.9. The summed E-state index contributed by atoms with van der Waals surface area (Å²) in [4.78, 5) is 34.8. The Labute approximate surface area is 142 Å². The largest absolute Gasteiger partial charge is 0.272 e. The number of non-ortho nitro benzene ring substituents is 1. The molecule has 0 saturated carbocycles. The molecule has 0 aromatic heterocycles. The SMILES string of the molecule is Cc1ccccc1SCC(=O)NNC(=O)c1cccc([N+](=O)[O-])c1. The van der Waals surface area contributed by atoms with Crippen LogP contribution in [0.4, 0.5) is 5.69 Å². The Bertz CT molecular complexity index is 779. The lowest BCUT2D eigenvalue weighted by Crippen LogP contribution is -2.42. The molecule has 0 fully saturated rings. The Morgan fingerprint density at radius 1 is 1.12 bits per heavy atom. The maximum Gasteiger partial charge on any atom is 0.270 e. The fourth-order valence-electron chi connectivity index (χ4n) is 1.86. The van der Waals surface area contributed by atoms with Crippen molar-refractivity contribution >= 4 is 29.3 Å². The standard InChI is InChI=1S/C16H15N3O4S/c1-11-5-2-3-8-14(11)24-10-15(20)17-18-16(21)12-6-4-7-13(9-12)19(22)23/h2-9H,10H2,1H3,(H,17,20)(H,18,21). The number of aryl methyl sites for hydroxylation is 1. The summed E-state index contributed by atoms with van der Waals surface area (Å²) in [6.45, 7) is 1.95. The first-order chi connectivity index (χ1) is 11.5. The molecule has 124 valence electrons. The van der Waals surface area contributed by atoms with Gasteiger partial charge in [0, 0.05) is 22.6 Å². The summed E-state index contributed by atoms with van der Waals surface area (Å²) in [6, 6.07) is 12.9. The maximum absolute atomic E-state index is 11.9. The molecule has 8 heteroatoms. The van der Waals surface area contributed by atoms with Crippen LogP contribution in [-0.2, 0) is 4.79 Å². The van der Waals surface area contributed by atoms with Crippen molar-refractivity contribution in [2.75, 3.05) is 5.75 Å². The number of benzene rings is 2. The molecule has 0 bridgehead atoms. The van der Waals surface area contributed by atoms with Gasteiger partial charge in [-0.15, -0.1) is 11.8 Å². The fraction of sp³-hybridized carbons (Fsp3) is 0.125. The molecule has 0 aliphatic heterocycles. The number of nitrogens with zero attached hydrogens (tertiary/aromatic N) is 1. The Hall–Kier alpha value is -2.87. The minimum Gasteiger partial charge on any atom is -0.272 e. The van der Waals surface area contributed by atoms with Crippen LogP contribution in [0.5, 0.6) is 0 Å². The molecule has 0 heterocycles. The van der Waals surface area contributed by atoms with Crippen molar-refractivity contribution in [2.45, 2.75) is 11.8 Å². The second-order valence-corrected chi connectivity index (χ2v) is 5.88. The molecule has 2 aromatic carbocycles. The Balaban J connectivity index is 1.85. The smallest absolute Gasteiger partial charge is 0.270 e. The molecule has 2 N–H and O–H groups in total. The molecule has 0 spiro atoms. The van der Waals surface area contributed by atoms with Crippen LogP contribution in [-0.4, -0.2) is 22.5 Å². The second kappa shape index (κ2) is 8.11. The van der Waals surface area contributed by atoms with E-state index < -0.39 is 10.8 Å². The molecule has 2 amide bonds. The van der Waals surface area contributed by atoms with Gasteiger partial charge in [-0.1, -0.05) is 24.3 Å². The van der Waals surface area contributed by atoms with Gasteiger partial charge in [-0.25, -0.2) is 0 Å². The van der Waals surface area contributed by atoms with Crippen molar-refractivity contribution in [3.8, 4) is 0 Å². The summed E-state index contributed by atoms with van der Waals surface area (Å²) in [7, 11) is 0. The zero-order chi connectivity index (χ0) is 17.5. The first-order valence-electron chi connectivity index (χ1n) is 6.99. The molecule has 7 nitrogen and oxygen atoms in total. The summed E-state index contributed by atoms with van der Waals surface area (Å²) in [5.74, 6) is -0.852. The van der Waals surface area contributed by atoms with E-state index in [2.05, 4.69) is 10.9 Å². The number of hydrogen-bond donors (Lipinski definition) is 2. The number of rotatable bonds is 5. The molecular weight excluding hydrogens is 330 g/mol. The summed E-state index contributed by atoms with van der Waals surface area (Å²) in [5, 5.41) is 10.7. The van der Waals surface area contributed by atoms with Gasteiger partial charge in [0.15, 0.2) is 0 Å². The lowest BCUT2D eigenvalue weighted by atomic mass is 10.2. The predicted octanol–water partition coefficient (Wildman–Crippen LogP) is 2.46. The van der Waals surface area contributed by atoms with Gasteiger partial charge in [0.1, 0.15) is 0 Å². The van der Waals surface area contributed by atoms with E-state index in [1.807, 2.05) is 31.2 Å². The first-order valence-corrected chi connectivity index (χ1v) is 7.98. The molecule has 0 aliphatic carbocycles. The third-order valence-corrected chi connectivity index (χ3v) is 4.26. The summed E-state index contributed by atoms with van der Waals surface area (Å²) >= 11 is 1.36. The first kappa shape index (κ1) is 17.5. The van der Waals surface area contributed by atoms with Gasteiger partial charge in [0.2, 0.25) is 5.91 Å². The van der Waals surface area contributed by atoms with Gasteiger partial charge in [-0.2, -0.15) is 0 Å². The van der Waals surface area contributed by atoms with Gasteiger partial charge < -0.3 is 0 Å². The number of hydrogen-bond acceptors (Lipinski definition) is 5. The molecule has 0 atom stereocenters. The van der Waals surface area contributed by atoms with Crippen LogP contribution in [0.25, 0.3) is 0 Å². The van der Waals surface area contributed by atoms with E-state index in [4.69, 9.17) is 0 Å². The number of thioether (sulfide) groups is 1. The van der Waals surface area contributed by atoms with Crippen molar-refractivity contribution in [2.24, 2.45) is 0 Å². The van der Waals surface area contributed by atoms with Crippen molar-refractivity contribution in [1.29, 1.82) is 0 Å². The van der Waals surface area contributed by atoms with Crippen molar-refractivity contribution in [3.05, 3.63) is 69.8 Å². The van der Waals surface area contributed by atoms with Crippen molar-refractivity contribution < 1.29 is 14.5 Å². The highest BCUT2D eigenvalue weighted by Crippen LogP contribution is 2.21. The number of amides is 2. The fourth-order valence-corrected chi connectivity index (χ4v) is 2.69. The number of nitro benzene ring substituents is 1. The molecule has 0 saturated heterocycles. The Morgan fingerprint density at radius 2 is 1.88 bits per heavy atom. The zero-order valence-corrected chi connectivity index (χ0v) is 13.6. The molecule has 0 radical (unpaired) electrons. The zero-order valence-electron chi connectivity index (χ0n) is 12.8. The number of hydrazine groups is 1. The van der Waals surface area contributed by atoms with Crippen LogP contribution < -0.4 is 10.9 Å². The predicted molar refractivity (Wildman–Crippen MR) is 90.6 cm³/mol. The van der Waals surface area contributed by atoms with Gasteiger partial charge in [0.25, 0.3) is 11.6 Å². The van der Waals surface area contributed by atoms with E-state index in [9.17, 15) is 19.7 Å². The normalized spacial score (nSPS) is 10.0. The van der Waals surface area contributed by atoms with Crippen molar-refractivity contribution in [1.82, 2.24) is 10.9 Å². The lowest BCUT2D eigenvalue weighted by molar-refractivity contribution is -0.384. The van der Waals surface area contributed by atoms with E-state index in [1.165, 1.54) is 30.0 Å². The van der Waals surface area contributed by atoms with Crippen LogP contribution in [0.1, 0.15) is 15.9 Å². The highest BCUT2D eigenvalue weighted by atomic mass is 32.2. The molecule has 0 aliphatic rings. The van der Waals surface area contributed by atoms with Gasteiger partial charge >= 0.3 is 0 Å². The number of nitrogens with one attached hydrogen (secondary N) is 2. The molecule has 2 rings (SSSR count). The number of carbonyl (C=O) groups excluding carboxylic acids is 2. The van der Waals surface area contributed by atoms with Crippen LogP contribution in [0.15, 0.2) is 53.4 Å². The Morgan fingerprint density at radius 3 is 2.58 bits per heavy atom. The topological polar surface area (TPSA) is 101 Å². The lowest BCUT2D eigenvalue weighted by Gasteiger charge is -2.08. The summed E-state index contributed by atoms with van der Waals surface area (Å²) in [5.41, 5.74) is 5.50. The molecule has 0 unspecified atom stereocenters. The Kier molecular flexibility index (Phi) is 5.91. The second-order valence-electron chi connectivity index (χ2n) is 4.86. The number of carbonyl (C=O) groups is 2. The van der Waals surface area contributed by atoms with E-state index in [0.717, 1.165) is 16.5 Å². The van der Waals surface area contributed by atoms with Crippen molar-refractivity contribution in [3.63, 3.8) is 0 Å². The third kappa shape index (κ3) is 4.82. The highest BCUT2D eigenvalue weighted by Gasteiger charge is 2.12. The van der Waals surface area contributed by atoms with Crippen LogP contribution in [0.3, 0.4) is 0 Å². The minimum atomic E-state index is -0.618. The third-order valence-electron chi connectivity index (χ3n) is 3.09. The quantitative estimate of drug-likeness (QED) is 0.492. The summed E-state index contributed by atoms with van der Waals surface area (Å²) in [6.07, 6.45) is 0. The van der Waals surface area contributed by atoms with E-state index in [0.29, 0.717) is 0 Å². The van der Waals surface area contributed by atoms with E-state index in [-0.39, 0.29) is 22.9 Å². The van der Waals surface area contributed by atoms with E-state index in [1.54, 1.807) is 0 Å². The van der Waals surface area contributed by atoms with Crippen LogP contribution in [0.2, 0.25) is 0 Å². The molecular formula is C16H15N3O4S. The monoisotopic (exact) mass is 345 g/mol. The average molecular weight is 345 g/mol. The number of nitro groups is 1. The molecule has 2 aromatic rings. The van der Waals surface area contributed by atoms with Gasteiger partial charge in [-0.05, 0) is 24.6 Å². The molecule has 24 heavy (non-hydrogen) atoms. The van der Waals surface area contributed by atoms with Crippen LogP contribution >= 0.6 is 11.8 Å². The average Bonchev–Trinajstić information content (AvgIpc) is 2.59.